The van der Waals surface area contributed by atoms with Gasteiger partial charge in [0, 0.05) is 49.2 Å². The van der Waals surface area contributed by atoms with Crippen LogP contribution in [0, 0.1) is 6.92 Å². The van der Waals surface area contributed by atoms with Crippen molar-refractivity contribution >= 4 is 21.8 Å². The Balaban J connectivity index is 1.85. The van der Waals surface area contributed by atoms with Crippen LogP contribution in [0.2, 0.25) is 0 Å². The van der Waals surface area contributed by atoms with Crippen LogP contribution in [0.15, 0.2) is 46.2 Å². The van der Waals surface area contributed by atoms with Crippen LogP contribution in [-0.4, -0.2) is 56.7 Å². The number of benzene rings is 2. The summed E-state index contributed by atoms with van der Waals surface area (Å²) in [5, 5.41) is 5.37. The Hall–Kier alpha value is -1.58. The third-order valence-corrected chi connectivity index (χ3v) is 7.29. The summed E-state index contributed by atoms with van der Waals surface area (Å²) < 4.78 is 30.0. The first-order chi connectivity index (χ1) is 14.2. The molecule has 0 radical (unpaired) electrons. The molecule has 164 valence electrons. The van der Waals surface area contributed by atoms with Crippen molar-refractivity contribution in [3.8, 4) is 11.5 Å². The molecule has 1 fully saturated rings. The lowest BCUT2D eigenvalue weighted by atomic mass is 10.1. The molecule has 1 saturated heterocycles. The maximum Gasteiger partial charge on any atom is 0.238 e. The molecule has 0 spiro atoms. The first kappa shape index (κ1) is 23.1. The minimum atomic E-state index is -3.78. The average molecular weight is 450 g/mol. The van der Waals surface area contributed by atoms with Gasteiger partial charge in [-0.2, -0.15) is 0 Å². The number of aryl methyl sites for hydroxylation is 1. The maximum atomic E-state index is 11.9. The summed E-state index contributed by atoms with van der Waals surface area (Å²) in [7, 11) is -3.78. The maximum absolute atomic E-state index is 11.9. The monoisotopic (exact) mass is 449 g/mol. The molecule has 0 aromatic heterocycles. The van der Waals surface area contributed by atoms with Crippen molar-refractivity contribution in [3.05, 3.63) is 47.5 Å². The highest BCUT2D eigenvalue weighted by molar-refractivity contribution is 7.98. The van der Waals surface area contributed by atoms with E-state index in [-0.39, 0.29) is 4.90 Å². The highest BCUT2D eigenvalue weighted by Gasteiger charge is 2.21. The van der Waals surface area contributed by atoms with Crippen LogP contribution < -0.4 is 9.88 Å². The highest BCUT2D eigenvalue weighted by atomic mass is 32.2. The first-order valence-electron chi connectivity index (χ1n) is 10.1. The quantitative estimate of drug-likeness (QED) is 0.650. The highest BCUT2D eigenvalue weighted by Crippen LogP contribution is 2.31. The van der Waals surface area contributed by atoms with Gasteiger partial charge in [0.2, 0.25) is 10.0 Å². The lowest BCUT2D eigenvalue weighted by molar-refractivity contribution is 0.103. The standard InChI is InChI=1S/C22H31N3O3S2/c1-16(2)25-11-9-24(10-12-25)15-18-14-20(30(23,26)27)6-7-21(18)28-19-5-8-22(29-4)17(3)13-19/h5-8,13-14,16H,9-12,15H2,1-4H3,(H2,23,26,27). The van der Waals surface area contributed by atoms with Gasteiger partial charge in [-0.1, -0.05) is 0 Å². The van der Waals surface area contributed by atoms with Crippen LogP contribution >= 0.6 is 11.8 Å². The number of primary sulfonamides is 1. The summed E-state index contributed by atoms with van der Waals surface area (Å²) >= 11 is 1.70. The van der Waals surface area contributed by atoms with E-state index in [0.29, 0.717) is 18.3 Å². The SMILES string of the molecule is CSc1ccc(Oc2ccc(S(N)(=O)=O)cc2CN2CCN(C(C)C)CC2)cc1C. The second-order valence-electron chi connectivity index (χ2n) is 7.95. The van der Waals surface area contributed by atoms with Gasteiger partial charge in [0.1, 0.15) is 11.5 Å². The first-order valence-corrected chi connectivity index (χ1v) is 12.9. The van der Waals surface area contributed by atoms with Gasteiger partial charge in [0.05, 0.1) is 4.90 Å². The number of sulfonamides is 1. The second kappa shape index (κ2) is 9.70. The molecule has 0 aliphatic carbocycles. The van der Waals surface area contributed by atoms with Crippen LogP contribution in [0.25, 0.3) is 0 Å². The van der Waals surface area contributed by atoms with Crippen molar-refractivity contribution in [2.24, 2.45) is 5.14 Å². The van der Waals surface area contributed by atoms with Crippen LogP contribution in [0.3, 0.4) is 0 Å². The molecule has 1 heterocycles. The molecule has 0 bridgehead atoms. The number of hydrogen-bond acceptors (Lipinski definition) is 6. The van der Waals surface area contributed by atoms with Gasteiger partial charge in [-0.3, -0.25) is 9.80 Å². The summed E-state index contributed by atoms with van der Waals surface area (Å²) in [5.41, 5.74) is 1.97. The fourth-order valence-corrected chi connectivity index (χ4v) is 4.83. The van der Waals surface area contributed by atoms with Gasteiger partial charge >= 0.3 is 0 Å². The fraction of sp³-hybridized carbons (Fsp3) is 0.455. The van der Waals surface area contributed by atoms with Gasteiger partial charge in [0.15, 0.2) is 0 Å². The number of ether oxygens (including phenoxy) is 1. The number of hydrogen-bond donors (Lipinski definition) is 1. The predicted octanol–water partition coefficient (Wildman–Crippen LogP) is 3.68. The molecule has 2 aromatic carbocycles. The van der Waals surface area contributed by atoms with E-state index in [4.69, 9.17) is 9.88 Å². The van der Waals surface area contributed by atoms with Crippen LogP contribution in [0.1, 0.15) is 25.0 Å². The predicted molar refractivity (Wildman–Crippen MR) is 123 cm³/mol. The summed E-state index contributed by atoms with van der Waals surface area (Å²) in [5.74, 6) is 1.39. The average Bonchev–Trinajstić information content (AvgIpc) is 2.69. The Kier molecular flexibility index (Phi) is 7.47. The number of nitrogens with zero attached hydrogens (tertiary/aromatic N) is 2. The molecule has 30 heavy (non-hydrogen) atoms. The van der Waals surface area contributed by atoms with Gasteiger partial charge in [-0.05, 0) is 69.0 Å². The molecule has 3 rings (SSSR count). The molecule has 1 aliphatic rings. The van der Waals surface area contributed by atoms with Crippen LogP contribution in [-0.2, 0) is 16.6 Å². The van der Waals surface area contributed by atoms with E-state index < -0.39 is 10.0 Å². The summed E-state index contributed by atoms with van der Waals surface area (Å²) in [6.45, 7) is 10.9. The van der Waals surface area contributed by atoms with E-state index in [9.17, 15) is 8.42 Å². The van der Waals surface area contributed by atoms with Gasteiger partial charge in [-0.25, -0.2) is 13.6 Å². The van der Waals surface area contributed by atoms with E-state index >= 15 is 0 Å². The van der Waals surface area contributed by atoms with Crippen LogP contribution in [0.5, 0.6) is 11.5 Å². The van der Waals surface area contributed by atoms with Gasteiger partial charge in [-0.15, -0.1) is 11.8 Å². The van der Waals surface area contributed by atoms with Crippen LogP contribution in [0.4, 0.5) is 0 Å². The van der Waals surface area contributed by atoms with E-state index in [1.165, 1.54) is 11.0 Å². The molecule has 0 unspecified atom stereocenters. The van der Waals surface area contributed by atoms with Gasteiger partial charge < -0.3 is 4.74 Å². The van der Waals surface area contributed by atoms with E-state index in [0.717, 1.165) is 43.1 Å². The molecular formula is C22H31N3O3S2. The minimum Gasteiger partial charge on any atom is -0.457 e. The second-order valence-corrected chi connectivity index (χ2v) is 10.4. The molecule has 0 amide bonds. The van der Waals surface area contributed by atoms with Crippen molar-refractivity contribution in [3.63, 3.8) is 0 Å². The Morgan fingerprint density at radius 3 is 2.37 bits per heavy atom. The molecule has 8 heteroatoms. The van der Waals surface area contributed by atoms with E-state index in [1.54, 1.807) is 23.9 Å². The van der Waals surface area contributed by atoms with Crippen molar-refractivity contribution in [2.75, 3.05) is 32.4 Å². The smallest absolute Gasteiger partial charge is 0.238 e. The van der Waals surface area contributed by atoms with E-state index in [2.05, 4.69) is 30.6 Å². The summed E-state index contributed by atoms with van der Waals surface area (Å²) in [4.78, 5) is 6.09. The topological polar surface area (TPSA) is 75.9 Å². The number of thioether (sulfide) groups is 1. The normalized spacial score (nSPS) is 16.2. The van der Waals surface area contributed by atoms with Crippen molar-refractivity contribution in [2.45, 2.75) is 43.1 Å². The number of piperazine rings is 1. The molecule has 1 aliphatic heterocycles. The number of nitrogens with two attached hydrogens (primary N) is 1. The fourth-order valence-electron chi connectivity index (χ4n) is 3.68. The Labute approximate surface area is 184 Å². The summed E-state index contributed by atoms with van der Waals surface area (Å²) in [6.07, 6.45) is 2.05. The zero-order valence-electron chi connectivity index (χ0n) is 18.1. The lowest BCUT2D eigenvalue weighted by Crippen LogP contribution is -2.48. The molecule has 6 nitrogen and oxygen atoms in total. The lowest BCUT2D eigenvalue weighted by Gasteiger charge is -2.37. The largest absolute Gasteiger partial charge is 0.457 e. The number of rotatable bonds is 7. The Morgan fingerprint density at radius 2 is 1.80 bits per heavy atom. The zero-order chi connectivity index (χ0) is 21.9. The zero-order valence-corrected chi connectivity index (χ0v) is 19.7. The molecular weight excluding hydrogens is 418 g/mol. The van der Waals surface area contributed by atoms with E-state index in [1.807, 2.05) is 24.5 Å². The van der Waals surface area contributed by atoms with Gasteiger partial charge in [0.25, 0.3) is 0 Å². The van der Waals surface area contributed by atoms with Crippen molar-refractivity contribution in [1.29, 1.82) is 0 Å². The third-order valence-electron chi connectivity index (χ3n) is 5.49. The Morgan fingerprint density at radius 1 is 1.10 bits per heavy atom. The molecule has 2 N–H and O–H groups in total. The van der Waals surface area contributed by atoms with Crippen molar-refractivity contribution < 1.29 is 13.2 Å². The molecule has 2 aromatic rings. The van der Waals surface area contributed by atoms with Crippen molar-refractivity contribution in [1.82, 2.24) is 9.80 Å². The Bertz CT molecular complexity index is 985. The summed E-state index contributed by atoms with van der Waals surface area (Å²) in [6, 6.07) is 11.4. The third kappa shape index (κ3) is 5.76. The molecule has 0 saturated carbocycles. The minimum absolute atomic E-state index is 0.111. The molecule has 0 atom stereocenters.